The average molecular weight is 474 g/mol. The topological polar surface area (TPSA) is 93.9 Å². The van der Waals surface area contributed by atoms with Crippen LogP contribution in [-0.2, 0) is 13.2 Å². The van der Waals surface area contributed by atoms with Crippen LogP contribution in [0, 0.1) is 0 Å². The second-order valence-corrected chi connectivity index (χ2v) is 8.72. The third-order valence-electron chi connectivity index (χ3n) is 6.20. The van der Waals surface area contributed by atoms with Crippen molar-refractivity contribution >= 4 is 11.8 Å². The molecule has 0 saturated carbocycles. The van der Waals surface area contributed by atoms with Crippen LogP contribution in [0.25, 0.3) is 0 Å². The van der Waals surface area contributed by atoms with E-state index in [1.54, 1.807) is 37.4 Å². The molecule has 1 fully saturated rings. The van der Waals surface area contributed by atoms with Crippen molar-refractivity contribution in [3.8, 4) is 11.5 Å². The monoisotopic (exact) mass is 473 g/mol. The van der Waals surface area contributed by atoms with Crippen LogP contribution in [0.3, 0.4) is 0 Å². The minimum atomic E-state index is -0.539. The predicted octanol–water partition coefficient (Wildman–Crippen LogP) is 3.77. The van der Waals surface area contributed by atoms with Gasteiger partial charge in [0.2, 0.25) is 0 Å². The summed E-state index contributed by atoms with van der Waals surface area (Å²) in [5.74, 6) is 0.670. The van der Waals surface area contributed by atoms with Crippen LogP contribution < -0.4 is 20.5 Å². The van der Waals surface area contributed by atoms with E-state index < -0.39 is 5.91 Å². The molecular weight excluding hydrogens is 442 g/mol. The van der Waals surface area contributed by atoms with Gasteiger partial charge in [-0.1, -0.05) is 36.4 Å². The quantitative estimate of drug-likeness (QED) is 0.494. The fourth-order valence-corrected chi connectivity index (χ4v) is 4.29. The van der Waals surface area contributed by atoms with Gasteiger partial charge in [0.1, 0.15) is 18.1 Å². The Kier molecular flexibility index (Phi) is 8.00. The Labute approximate surface area is 205 Å². The third-order valence-corrected chi connectivity index (χ3v) is 6.20. The molecule has 0 unspecified atom stereocenters. The van der Waals surface area contributed by atoms with Gasteiger partial charge < -0.3 is 20.5 Å². The number of para-hydroxylation sites is 1. The molecule has 0 atom stereocenters. The second-order valence-electron chi connectivity index (χ2n) is 8.72. The Morgan fingerprint density at radius 3 is 2.49 bits per heavy atom. The van der Waals surface area contributed by atoms with E-state index in [0.717, 1.165) is 43.8 Å². The minimum absolute atomic E-state index is 0.0874. The number of methoxy groups -OCH3 is 1. The van der Waals surface area contributed by atoms with Crippen molar-refractivity contribution in [2.45, 2.75) is 32.0 Å². The van der Waals surface area contributed by atoms with Crippen molar-refractivity contribution in [2.75, 3.05) is 20.2 Å². The molecule has 7 heteroatoms. The van der Waals surface area contributed by atoms with Gasteiger partial charge in [-0.2, -0.15) is 0 Å². The number of nitrogens with zero attached hydrogens (tertiary/aromatic N) is 1. The van der Waals surface area contributed by atoms with Crippen LogP contribution in [0.2, 0.25) is 0 Å². The maximum Gasteiger partial charge on any atom is 0.252 e. The lowest BCUT2D eigenvalue weighted by Gasteiger charge is -2.32. The molecule has 3 aromatic rings. The van der Waals surface area contributed by atoms with E-state index in [9.17, 15) is 9.59 Å². The Hall–Kier alpha value is -3.84. The smallest absolute Gasteiger partial charge is 0.252 e. The number of nitrogens with two attached hydrogens (primary N) is 1. The number of carbonyl (C=O) groups is 2. The number of carbonyl (C=O) groups excluding carboxylic acids is 2. The fraction of sp³-hybridized carbons (Fsp3) is 0.286. The number of primary amides is 1. The summed E-state index contributed by atoms with van der Waals surface area (Å²) in [4.78, 5) is 26.9. The van der Waals surface area contributed by atoms with Gasteiger partial charge in [-0.3, -0.25) is 14.5 Å². The third kappa shape index (κ3) is 6.61. The van der Waals surface area contributed by atoms with Gasteiger partial charge in [0.25, 0.3) is 11.8 Å². The van der Waals surface area contributed by atoms with Crippen LogP contribution in [0.4, 0.5) is 0 Å². The standard InChI is InChI=1S/C28H31N3O4/c1-34-24-9-5-6-20(17-24)18-31-14-12-23(13-15-31)30-28(33)22-8-4-7-21(16-22)19-35-26-11-3-2-10-25(26)27(29)32/h2-11,16-17,23H,12-15,18-19H2,1H3,(H2,29,32)(H,30,33). The second kappa shape index (κ2) is 11.5. The van der Waals surface area contributed by atoms with Crippen molar-refractivity contribution in [1.82, 2.24) is 10.2 Å². The molecule has 0 radical (unpaired) electrons. The van der Waals surface area contributed by atoms with Crippen LogP contribution in [0.1, 0.15) is 44.7 Å². The molecule has 0 aliphatic carbocycles. The maximum atomic E-state index is 12.9. The van der Waals surface area contributed by atoms with Crippen LogP contribution >= 0.6 is 0 Å². The summed E-state index contributed by atoms with van der Waals surface area (Å²) in [5.41, 5.74) is 8.40. The number of rotatable bonds is 9. The molecule has 3 aromatic carbocycles. The molecular formula is C28H31N3O4. The summed E-state index contributed by atoms with van der Waals surface area (Å²) >= 11 is 0. The van der Waals surface area contributed by atoms with Crippen molar-refractivity contribution in [1.29, 1.82) is 0 Å². The molecule has 7 nitrogen and oxygen atoms in total. The Morgan fingerprint density at radius 2 is 1.71 bits per heavy atom. The zero-order chi connectivity index (χ0) is 24.6. The first kappa shape index (κ1) is 24.3. The number of piperidine rings is 1. The van der Waals surface area contributed by atoms with Gasteiger partial charge in [-0.05, 0) is 60.4 Å². The highest BCUT2D eigenvalue weighted by atomic mass is 16.5. The van der Waals surface area contributed by atoms with E-state index in [-0.39, 0.29) is 18.6 Å². The number of amides is 2. The molecule has 182 valence electrons. The van der Waals surface area contributed by atoms with Crippen LogP contribution in [0.5, 0.6) is 11.5 Å². The van der Waals surface area contributed by atoms with Crippen molar-refractivity contribution in [2.24, 2.45) is 5.73 Å². The van der Waals surface area contributed by atoms with Crippen LogP contribution in [0.15, 0.2) is 72.8 Å². The van der Waals surface area contributed by atoms with Crippen LogP contribution in [-0.4, -0.2) is 43.0 Å². The summed E-state index contributed by atoms with van der Waals surface area (Å²) in [6.07, 6.45) is 1.81. The molecule has 0 aromatic heterocycles. The van der Waals surface area contributed by atoms with Crippen molar-refractivity contribution in [3.63, 3.8) is 0 Å². The lowest BCUT2D eigenvalue weighted by atomic mass is 10.0. The molecule has 3 N–H and O–H groups in total. The van der Waals surface area contributed by atoms with Gasteiger partial charge in [0.15, 0.2) is 0 Å². The van der Waals surface area contributed by atoms with E-state index in [0.29, 0.717) is 16.9 Å². The first-order valence-electron chi connectivity index (χ1n) is 11.8. The van der Waals surface area contributed by atoms with Gasteiger partial charge in [0.05, 0.1) is 12.7 Å². The largest absolute Gasteiger partial charge is 0.497 e. The average Bonchev–Trinajstić information content (AvgIpc) is 2.89. The predicted molar refractivity (Wildman–Crippen MR) is 134 cm³/mol. The Bertz CT molecular complexity index is 1170. The first-order valence-corrected chi connectivity index (χ1v) is 11.8. The molecule has 4 rings (SSSR count). The van der Waals surface area contributed by atoms with E-state index in [4.69, 9.17) is 15.2 Å². The molecule has 1 aliphatic rings. The highest BCUT2D eigenvalue weighted by Crippen LogP contribution is 2.20. The SMILES string of the molecule is COc1cccc(CN2CCC(NC(=O)c3cccc(COc4ccccc4C(N)=O)c3)CC2)c1. The number of ether oxygens (including phenoxy) is 2. The first-order chi connectivity index (χ1) is 17.0. The highest BCUT2D eigenvalue weighted by Gasteiger charge is 2.21. The minimum Gasteiger partial charge on any atom is -0.497 e. The molecule has 0 bridgehead atoms. The lowest BCUT2D eigenvalue weighted by Crippen LogP contribution is -2.44. The normalized spacial score (nSPS) is 14.3. The summed E-state index contributed by atoms with van der Waals surface area (Å²) < 4.78 is 11.1. The molecule has 35 heavy (non-hydrogen) atoms. The summed E-state index contributed by atoms with van der Waals surface area (Å²) in [6.45, 7) is 2.96. The van der Waals surface area contributed by atoms with E-state index >= 15 is 0 Å². The molecule has 1 aliphatic heterocycles. The Morgan fingerprint density at radius 1 is 0.971 bits per heavy atom. The van der Waals surface area contributed by atoms with E-state index in [1.807, 2.05) is 30.3 Å². The summed E-state index contributed by atoms with van der Waals surface area (Å²) in [5, 5.41) is 3.18. The number of nitrogens with one attached hydrogen (secondary N) is 1. The number of likely N-dealkylation sites (tertiary alicyclic amines) is 1. The summed E-state index contributed by atoms with van der Waals surface area (Å²) in [6, 6.07) is 22.5. The fourth-order valence-electron chi connectivity index (χ4n) is 4.29. The van der Waals surface area contributed by atoms with Gasteiger partial charge in [-0.25, -0.2) is 0 Å². The number of hydrogen-bond acceptors (Lipinski definition) is 5. The zero-order valence-corrected chi connectivity index (χ0v) is 19.9. The van der Waals surface area contributed by atoms with Gasteiger partial charge >= 0.3 is 0 Å². The van der Waals surface area contributed by atoms with E-state index in [1.165, 1.54) is 5.56 Å². The van der Waals surface area contributed by atoms with E-state index in [2.05, 4.69) is 22.3 Å². The zero-order valence-electron chi connectivity index (χ0n) is 19.9. The molecule has 0 spiro atoms. The van der Waals surface area contributed by atoms with Crippen molar-refractivity contribution in [3.05, 3.63) is 95.1 Å². The summed E-state index contributed by atoms with van der Waals surface area (Å²) in [7, 11) is 1.68. The van der Waals surface area contributed by atoms with Gasteiger partial charge in [0, 0.05) is 31.2 Å². The number of benzene rings is 3. The van der Waals surface area contributed by atoms with Crippen molar-refractivity contribution < 1.29 is 19.1 Å². The Balaban J connectivity index is 1.28. The molecule has 1 heterocycles. The number of hydrogen-bond donors (Lipinski definition) is 2. The van der Waals surface area contributed by atoms with Gasteiger partial charge in [-0.15, -0.1) is 0 Å². The molecule has 2 amide bonds. The highest BCUT2D eigenvalue weighted by molar-refractivity contribution is 5.95. The maximum absolute atomic E-state index is 12.9. The molecule has 1 saturated heterocycles. The lowest BCUT2D eigenvalue weighted by molar-refractivity contribution is 0.0908.